The van der Waals surface area contributed by atoms with Crippen LogP contribution in [0.4, 0.5) is 0 Å². The van der Waals surface area contributed by atoms with E-state index in [9.17, 15) is 0 Å². The molecule has 0 aliphatic carbocycles. The van der Waals surface area contributed by atoms with Crippen LogP contribution in [-0.2, 0) is 11.4 Å². The molecule has 0 atom stereocenters. The molecule has 0 unspecified atom stereocenters. The van der Waals surface area contributed by atoms with Gasteiger partial charge in [-0.1, -0.05) is 0 Å². The second-order valence-corrected chi connectivity index (χ2v) is 3.25. The topological polar surface area (TPSA) is 25.4 Å². The highest BCUT2D eigenvalue weighted by molar-refractivity contribution is 9.10. The number of hydrogen-bond donors (Lipinski definition) is 0. The number of pyridine rings is 1. The van der Waals surface area contributed by atoms with E-state index in [4.69, 9.17) is 4.84 Å². The van der Waals surface area contributed by atoms with E-state index in [0.717, 1.165) is 10.2 Å². The predicted octanol–water partition coefficient (Wildman–Crippen LogP) is 1.84. The van der Waals surface area contributed by atoms with E-state index in [-0.39, 0.29) is 0 Å². The largest absolute Gasteiger partial charge is 0.302 e. The molecule has 0 aliphatic rings. The van der Waals surface area contributed by atoms with Gasteiger partial charge in [-0.05, 0) is 28.1 Å². The van der Waals surface area contributed by atoms with Crippen LogP contribution in [0.1, 0.15) is 5.69 Å². The van der Waals surface area contributed by atoms with Crippen LogP contribution in [0.15, 0.2) is 22.8 Å². The van der Waals surface area contributed by atoms with Crippen LogP contribution in [0.25, 0.3) is 0 Å². The van der Waals surface area contributed by atoms with Gasteiger partial charge in [0.2, 0.25) is 0 Å². The van der Waals surface area contributed by atoms with E-state index < -0.39 is 0 Å². The van der Waals surface area contributed by atoms with Crippen molar-refractivity contribution in [2.45, 2.75) is 6.54 Å². The molecule has 0 saturated carbocycles. The molecule has 0 aliphatic heterocycles. The quantitative estimate of drug-likeness (QED) is 0.742. The van der Waals surface area contributed by atoms with Crippen molar-refractivity contribution in [3.05, 3.63) is 28.5 Å². The summed E-state index contributed by atoms with van der Waals surface area (Å²) in [5, 5.41) is 1.72. The molecule has 4 heteroatoms. The lowest BCUT2D eigenvalue weighted by Crippen LogP contribution is -2.16. The van der Waals surface area contributed by atoms with Gasteiger partial charge in [0.15, 0.2) is 0 Å². The Morgan fingerprint density at radius 2 is 2.42 bits per heavy atom. The number of hydroxylamine groups is 2. The minimum Gasteiger partial charge on any atom is -0.302 e. The normalized spacial score (nSPS) is 10.7. The third-order valence-electron chi connectivity index (χ3n) is 1.52. The summed E-state index contributed by atoms with van der Waals surface area (Å²) >= 11 is 3.41. The molecular weight excluding hydrogens is 220 g/mol. The Morgan fingerprint density at radius 1 is 1.67 bits per heavy atom. The van der Waals surface area contributed by atoms with E-state index in [1.807, 2.05) is 19.2 Å². The van der Waals surface area contributed by atoms with Crippen molar-refractivity contribution in [2.24, 2.45) is 0 Å². The van der Waals surface area contributed by atoms with Crippen LogP contribution in [0.5, 0.6) is 0 Å². The Balaban J connectivity index is 2.69. The van der Waals surface area contributed by atoms with Gasteiger partial charge < -0.3 is 4.84 Å². The fraction of sp³-hybridized carbons (Fsp3) is 0.375. The van der Waals surface area contributed by atoms with Crippen molar-refractivity contribution in [3.63, 3.8) is 0 Å². The minimum absolute atomic E-state index is 0.678. The minimum atomic E-state index is 0.678. The summed E-state index contributed by atoms with van der Waals surface area (Å²) in [6, 6.07) is 3.85. The maximum atomic E-state index is 4.98. The molecule has 0 spiro atoms. The molecule has 0 saturated heterocycles. The first-order valence-corrected chi connectivity index (χ1v) is 4.38. The van der Waals surface area contributed by atoms with Gasteiger partial charge in [-0.2, -0.15) is 5.06 Å². The monoisotopic (exact) mass is 230 g/mol. The summed E-state index contributed by atoms with van der Waals surface area (Å²) in [4.78, 5) is 9.18. The third kappa shape index (κ3) is 2.55. The molecule has 0 aromatic carbocycles. The van der Waals surface area contributed by atoms with Crippen molar-refractivity contribution >= 4 is 15.9 Å². The van der Waals surface area contributed by atoms with E-state index in [0.29, 0.717) is 6.54 Å². The highest BCUT2D eigenvalue weighted by Gasteiger charge is 2.02. The number of halogens is 1. The van der Waals surface area contributed by atoms with Crippen LogP contribution >= 0.6 is 15.9 Å². The zero-order valence-corrected chi connectivity index (χ0v) is 8.71. The zero-order valence-electron chi connectivity index (χ0n) is 7.12. The van der Waals surface area contributed by atoms with Gasteiger partial charge in [0.05, 0.1) is 19.3 Å². The maximum Gasteiger partial charge on any atom is 0.0709 e. The molecule has 12 heavy (non-hydrogen) atoms. The number of aromatic nitrogens is 1. The zero-order chi connectivity index (χ0) is 8.97. The summed E-state index contributed by atoms with van der Waals surface area (Å²) in [7, 11) is 3.50. The molecule has 1 aromatic rings. The Morgan fingerprint density at radius 3 is 3.00 bits per heavy atom. The molecular formula is C8H11BrN2O. The van der Waals surface area contributed by atoms with E-state index in [1.165, 1.54) is 0 Å². The van der Waals surface area contributed by atoms with Gasteiger partial charge in [0.1, 0.15) is 0 Å². The summed E-state index contributed by atoms with van der Waals surface area (Å²) in [6.07, 6.45) is 1.77. The van der Waals surface area contributed by atoms with Crippen molar-refractivity contribution < 1.29 is 4.84 Å². The van der Waals surface area contributed by atoms with E-state index >= 15 is 0 Å². The fourth-order valence-corrected chi connectivity index (χ4v) is 1.19. The van der Waals surface area contributed by atoms with Crippen LogP contribution in [-0.4, -0.2) is 24.2 Å². The van der Waals surface area contributed by atoms with Crippen LogP contribution < -0.4 is 0 Å². The average Bonchev–Trinajstić information content (AvgIpc) is 2.09. The van der Waals surface area contributed by atoms with Gasteiger partial charge in [-0.15, -0.1) is 0 Å². The predicted molar refractivity (Wildman–Crippen MR) is 50.4 cm³/mol. The molecule has 1 heterocycles. The highest BCUT2D eigenvalue weighted by atomic mass is 79.9. The molecule has 3 nitrogen and oxygen atoms in total. The molecule has 0 bridgehead atoms. The molecule has 0 amide bonds. The van der Waals surface area contributed by atoms with Gasteiger partial charge in [-0.3, -0.25) is 4.98 Å². The van der Waals surface area contributed by atoms with Gasteiger partial charge in [0.25, 0.3) is 0 Å². The summed E-state index contributed by atoms with van der Waals surface area (Å²) in [5.41, 5.74) is 0.974. The van der Waals surface area contributed by atoms with E-state index in [2.05, 4.69) is 20.9 Å². The molecule has 0 N–H and O–H groups in total. The van der Waals surface area contributed by atoms with Crippen molar-refractivity contribution in [1.82, 2.24) is 10.0 Å². The molecule has 1 aromatic heterocycles. The van der Waals surface area contributed by atoms with Crippen LogP contribution in [0.3, 0.4) is 0 Å². The first-order valence-electron chi connectivity index (χ1n) is 3.58. The summed E-state index contributed by atoms with van der Waals surface area (Å²) in [6.45, 7) is 0.678. The first kappa shape index (κ1) is 9.64. The fourth-order valence-electron chi connectivity index (χ4n) is 0.810. The van der Waals surface area contributed by atoms with Gasteiger partial charge in [-0.25, -0.2) is 0 Å². The lowest BCUT2D eigenvalue weighted by Gasteiger charge is -2.13. The number of nitrogens with zero attached hydrogens (tertiary/aromatic N) is 2. The lowest BCUT2D eigenvalue weighted by molar-refractivity contribution is -0.117. The molecule has 1 rings (SSSR count). The second-order valence-electron chi connectivity index (χ2n) is 2.40. The van der Waals surface area contributed by atoms with Crippen LogP contribution in [0.2, 0.25) is 0 Å². The third-order valence-corrected chi connectivity index (χ3v) is 2.24. The van der Waals surface area contributed by atoms with Gasteiger partial charge >= 0.3 is 0 Å². The number of rotatable bonds is 3. The Hall–Kier alpha value is -0.450. The second kappa shape index (κ2) is 4.54. The molecule has 66 valence electrons. The Labute approximate surface area is 80.4 Å². The van der Waals surface area contributed by atoms with Crippen LogP contribution in [0, 0.1) is 0 Å². The van der Waals surface area contributed by atoms with Crippen molar-refractivity contribution in [3.8, 4) is 0 Å². The summed E-state index contributed by atoms with van der Waals surface area (Å²) < 4.78 is 1.01. The molecule has 0 fully saturated rings. The Kier molecular flexibility index (Phi) is 3.65. The van der Waals surface area contributed by atoms with Gasteiger partial charge in [0, 0.05) is 17.7 Å². The lowest BCUT2D eigenvalue weighted by atomic mass is 10.3. The standard InChI is InChI=1S/C8H11BrN2O/c1-11(12-2)6-8-7(9)4-3-5-10-8/h3-5H,6H2,1-2H3. The first-order chi connectivity index (χ1) is 5.74. The Bertz CT molecular complexity index is 255. The number of hydrogen-bond acceptors (Lipinski definition) is 3. The smallest absolute Gasteiger partial charge is 0.0709 e. The molecule has 0 radical (unpaired) electrons. The van der Waals surface area contributed by atoms with Crippen molar-refractivity contribution in [2.75, 3.05) is 14.2 Å². The maximum absolute atomic E-state index is 4.98. The van der Waals surface area contributed by atoms with Crippen molar-refractivity contribution in [1.29, 1.82) is 0 Å². The average molecular weight is 231 g/mol. The highest BCUT2D eigenvalue weighted by Crippen LogP contribution is 2.14. The summed E-state index contributed by atoms with van der Waals surface area (Å²) in [5.74, 6) is 0. The SMILES string of the molecule is CON(C)Cc1ncccc1Br. The van der Waals surface area contributed by atoms with E-state index in [1.54, 1.807) is 18.4 Å².